The first-order chi connectivity index (χ1) is 8.58. The SMILES string of the molecule is CC(C(=O)O)C(=O)N1CCCC(OCC2CC2)C1. The van der Waals surface area contributed by atoms with Crippen LogP contribution in [0.5, 0.6) is 0 Å². The Kier molecular flexibility index (Phi) is 4.22. The first kappa shape index (κ1) is 13.3. The Morgan fingerprint density at radius 1 is 1.39 bits per heavy atom. The number of likely N-dealkylation sites (tertiary alicyclic amines) is 1. The number of carbonyl (C=O) groups excluding carboxylic acids is 1. The lowest BCUT2D eigenvalue weighted by atomic mass is 10.0. The van der Waals surface area contributed by atoms with E-state index in [2.05, 4.69) is 0 Å². The highest BCUT2D eigenvalue weighted by Gasteiger charge is 2.31. The summed E-state index contributed by atoms with van der Waals surface area (Å²) >= 11 is 0. The van der Waals surface area contributed by atoms with Gasteiger partial charge in [-0.2, -0.15) is 0 Å². The van der Waals surface area contributed by atoms with Gasteiger partial charge in [0.1, 0.15) is 5.92 Å². The molecule has 1 aliphatic heterocycles. The molecule has 1 amide bonds. The summed E-state index contributed by atoms with van der Waals surface area (Å²) in [4.78, 5) is 24.4. The third-order valence-corrected chi connectivity index (χ3v) is 3.70. The van der Waals surface area contributed by atoms with Crippen LogP contribution in [0.15, 0.2) is 0 Å². The van der Waals surface area contributed by atoms with E-state index in [4.69, 9.17) is 9.84 Å². The average molecular weight is 255 g/mol. The topological polar surface area (TPSA) is 66.8 Å². The maximum atomic E-state index is 11.9. The molecule has 0 aromatic carbocycles. The molecule has 2 rings (SSSR count). The fourth-order valence-electron chi connectivity index (χ4n) is 2.21. The summed E-state index contributed by atoms with van der Waals surface area (Å²) in [6, 6.07) is 0. The van der Waals surface area contributed by atoms with Gasteiger partial charge in [-0.1, -0.05) is 0 Å². The van der Waals surface area contributed by atoms with Gasteiger partial charge in [0.15, 0.2) is 0 Å². The van der Waals surface area contributed by atoms with Crippen molar-refractivity contribution in [2.45, 2.75) is 38.7 Å². The van der Waals surface area contributed by atoms with Crippen LogP contribution >= 0.6 is 0 Å². The van der Waals surface area contributed by atoms with Crippen LogP contribution in [-0.2, 0) is 14.3 Å². The lowest BCUT2D eigenvalue weighted by Crippen LogP contribution is -2.46. The van der Waals surface area contributed by atoms with Gasteiger partial charge < -0.3 is 14.7 Å². The van der Waals surface area contributed by atoms with Gasteiger partial charge in [0.2, 0.25) is 5.91 Å². The minimum atomic E-state index is -1.05. The van der Waals surface area contributed by atoms with Crippen molar-refractivity contribution < 1.29 is 19.4 Å². The van der Waals surface area contributed by atoms with Crippen LogP contribution in [0, 0.1) is 11.8 Å². The zero-order valence-corrected chi connectivity index (χ0v) is 10.8. The largest absolute Gasteiger partial charge is 0.481 e. The molecule has 5 nitrogen and oxygen atoms in total. The molecule has 0 aromatic heterocycles. The van der Waals surface area contributed by atoms with E-state index in [9.17, 15) is 9.59 Å². The van der Waals surface area contributed by atoms with Crippen LogP contribution in [-0.4, -0.2) is 47.7 Å². The lowest BCUT2D eigenvalue weighted by Gasteiger charge is -2.33. The number of hydrogen-bond donors (Lipinski definition) is 1. The van der Waals surface area contributed by atoms with Crippen LogP contribution in [0.25, 0.3) is 0 Å². The van der Waals surface area contributed by atoms with Gasteiger partial charge in [-0.3, -0.25) is 9.59 Å². The molecule has 2 aliphatic rings. The molecule has 1 N–H and O–H groups in total. The molecular formula is C13H21NO4. The standard InChI is InChI=1S/C13H21NO4/c1-9(13(16)17)12(15)14-6-2-3-11(7-14)18-8-10-4-5-10/h9-11H,2-8H2,1H3,(H,16,17). The lowest BCUT2D eigenvalue weighted by molar-refractivity contribution is -0.152. The monoisotopic (exact) mass is 255 g/mol. The molecule has 1 saturated heterocycles. The molecule has 1 aliphatic carbocycles. The summed E-state index contributed by atoms with van der Waals surface area (Å²) in [5.41, 5.74) is 0. The summed E-state index contributed by atoms with van der Waals surface area (Å²) in [5.74, 6) is -1.58. The first-order valence-electron chi connectivity index (χ1n) is 6.71. The number of nitrogens with zero attached hydrogens (tertiary/aromatic N) is 1. The van der Waals surface area contributed by atoms with E-state index >= 15 is 0 Å². The fourth-order valence-corrected chi connectivity index (χ4v) is 2.21. The Balaban J connectivity index is 1.81. The number of hydrogen-bond acceptors (Lipinski definition) is 3. The molecule has 1 saturated carbocycles. The van der Waals surface area contributed by atoms with E-state index in [0.29, 0.717) is 19.0 Å². The van der Waals surface area contributed by atoms with Crippen molar-refractivity contribution in [1.82, 2.24) is 4.90 Å². The molecular weight excluding hydrogens is 234 g/mol. The highest BCUT2D eigenvalue weighted by Crippen LogP contribution is 2.30. The van der Waals surface area contributed by atoms with Gasteiger partial charge >= 0.3 is 5.97 Å². The molecule has 0 aromatic rings. The van der Waals surface area contributed by atoms with E-state index < -0.39 is 11.9 Å². The van der Waals surface area contributed by atoms with Crippen LogP contribution < -0.4 is 0 Å². The minimum absolute atomic E-state index is 0.0873. The van der Waals surface area contributed by atoms with Crippen LogP contribution in [0.4, 0.5) is 0 Å². The number of aliphatic carboxylic acids is 1. The number of carboxylic acids is 1. The molecule has 2 unspecified atom stereocenters. The second kappa shape index (κ2) is 5.69. The molecule has 1 heterocycles. The van der Waals surface area contributed by atoms with Gasteiger partial charge in [0, 0.05) is 19.7 Å². The van der Waals surface area contributed by atoms with Crippen LogP contribution in [0.3, 0.4) is 0 Å². The molecule has 2 atom stereocenters. The zero-order chi connectivity index (χ0) is 13.1. The van der Waals surface area contributed by atoms with Crippen LogP contribution in [0.2, 0.25) is 0 Å². The van der Waals surface area contributed by atoms with Gasteiger partial charge in [0.25, 0.3) is 0 Å². The second-order valence-electron chi connectivity index (χ2n) is 5.39. The summed E-state index contributed by atoms with van der Waals surface area (Å²) in [6.45, 7) is 3.43. The van der Waals surface area contributed by atoms with Gasteiger partial charge in [-0.25, -0.2) is 0 Å². The second-order valence-corrected chi connectivity index (χ2v) is 5.39. The smallest absolute Gasteiger partial charge is 0.315 e. The van der Waals surface area contributed by atoms with Crippen molar-refractivity contribution in [3.8, 4) is 0 Å². The number of carboxylic acid groups (broad SMARTS) is 1. The maximum absolute atomic E-state index is 11.9. The number of piperidine rings is 1. The van der Waals surface area contributed by atoms with Crippen molar-refractivity contribution in [2.24, 2.45) is 11.8 Å². The molecule has 18 heavy (non-hydrogen) atoms. The van der Waals surface area contributed by atoms with E-state index in [-0.39, 0.29) is 12.0 Å². The summed E-state index contributed by atoms with van der Waals surface area (Å²) in [5, 5.41) is 8.85. The predicted molar refractivity (Wildman–Crippen MR) is 65.1 cm³/mol. The van der Waals surface area contributed by atoms with E-state index in [1.54, 1.807) is 4.90 Å². The third-order valence-electron chi connectivity index (χ3n) is 3.70. The minimum Gasteiger partial charge on any atom is -0.481 e. The summed E-state index contributed by atoms with van der Waals surface area (Å²) in [7, 11) is 0. The van der Waals surface area contributed by atoms with E-state index in [1.807, 2.05) is 0 Å². The Morgan fingerprint density at radius 2 is 2.11 bits per heavy atom. The third kappa shape index (κ3) is 3.45. The first-order valence-corrected chi connectivity index (χ1v) is 6.71. The molecule has 0 bridgehead atoms. The van der Waals surface area contributed by atoms with Crippen molar-refractivity contribution >= 4 is 11.9 Å². The van der Waals surface area contributed by atoms with Crippen molar-refractivity contribution in [2.75, 3.05) is 19.7 Å². The number of rotatable bonds is 5. The van der Waals surface area contributed by atoms with Crippen molar-refractivity contribution in [3.05, 3.63) is 0 Å². The Bertz CT molecular complexity index is 327. The quantitative estimate of drug-likeness (QED) is 0.748. The normalized spacial score (nSPS) is 25.8. The van der Waals surface area contributed by atoms with Gasteiger partial charge in [-0.05, 0) is 38.5 Å². The molecule has 102 valence electrons. The highest BCUT2D eigenvalue weighted by atomic mass is 16.5. The predicted octanol–water partition coefficient (Wildman–Crippen LogP) is 1.12. The highest BCUT2D eigenvalue weighted by molar-refractivity contribution is 5.96. The Morgan fingerprint density at radius 3 is 2.72 bits per heavy atom. The average Bonchev–Trinajstić information content (AvgIpc) is 3.19. The molecule has 5 heteroatoms. The summed E-state index contributed by atoms with van der Waals surface area (Å²) < 4.78 is 5.79. The molecule has 2 fully saturated rings. The number of amides is 1. The van der Waals surface area contributed by atoms with Gasteiger partial charge in [0.05, 0.1) is 6.10 Å². The summed E-state index contributed by atoms with van der Waals surface area (Å²) in [6.07, 6.45) is 4.46. The zero-order valence-electron chi connectivity index (χ0n) is 10.8. The number of ether oxygens (including phenoxy) is 1. The molecule has 0 radical (unpaired) electrons. The van der Waals surface area contributed by atoms with Crippen molar-refractivity contribution in [3.63, 3.8) is 0 Å². The van der Waals surface area contributed by atoms with E-state index in [0.717, 1.165) is 19.4 Å². The van der Waals surface area contributed by atoms with Crippen molar-refractivity contribution in [1.29, 1.82) is 0 Å². The van der Waals surface area contributed by atoms with E-state index in [1.165, 1.54) is 19.8 Å². The maximum Gasteiger partial charge on any atom is 0.315 e. The number of carbonyl (C=O) groups is 2. The molecule has 0 spiro atoms. The fraction of sp³-hybridized carbons (Fsp3) is 0.846. The Hall–Kier alpha value is -1.10. The Labute approximate surface area is 107 Å². The van der Waals surface area contributed by atoms with Crippen LogP contribution in [0.1, 0.15) is 32.6 Å². The van der Waals surface area contributed by atoms with Gasteiger partial charge in [-0.15, -0.1) is 0 Å².